The first kappa shape index (κ1) is 21.7. The lowest BCUT2D eigenvalue weighted by Crippen LogP contribution is -2.38. The highest BCUT2D eigenvalue weighted by Crippen LogP contribution is 2.19. The summed E-state index contributed by atoms with van der Waals surface area (Å²) in [5, 5.41) is 7.50. The molecular weight excluding hydrogens is 359 g/mol. The fraction of sp³-hybridized carbons (Fsp3) is 0.524. The summed E-state index contributed by atoms with van der Waals surface area (Å²) in [6, 6.07) is 4.80. The zero-order chi connectivity index (χ0) is 20.2. The molecule has 0 aliphatic heterocycles. The second kappa shape index (κ2) is 12.0. The van der Waals surface area contributed by atoms with Crippen LogP contribution in [0, 0.1) is 5.82 Å². The van der Waals surface area contributed by atoms with E-state index in [1.807, 2.05) is 13.1 Å². The number of esters is 1. The number of hydrogen-bond acceptors (Lipinski definition) is 3. The summed E-state index contributed by atoms with van der Waals surface area (Å²) in [5.41, 5.74) is 2.03. The van der Waals surface area contributed by atoms with Gasteiger partial charge >= 0.3 is 5.97 Å². The Balaban J connectivity index is 1.72. The predicted octanol–water partition coefficient (Wildman–Crippen LogP) is 3.53. The SMILES string of the molecule is CCNC(=NCCCCCCC(=O)OC)NCCc1c[nH]c2ccc(F)cc12. The van der Waals surface area contributed by atoms with Crippen molar-refractivity contribution in [3.05, 3.63) is 35.8 Å². The minimum atomic E-state index is -0.220. The molecule has 7 heteroatoms. The molecule has 0 radical (unpaired) electrons. The van der Waals surface area contributed by atoms with Gasteiger partial charge in [0, 0.05) is 43.2 Å². The molecule has 28 heavy (non-hydrogen) atoms. The second-order valence-corrected chi connectivity index (χ2v) is 6.68. The molecule has 0 aliphatic rings. The molecule has 0 unspecified atom stereocenters. The number of rotatable bonds is 11. The van der Waals surface area contributed by atoms with Crippen molar-refractivity contribution in [2.75, 3.05) is 26.7 Å². The van der Waals surface area contributed by atoms with Crippen molar-refractivity contribution in [3.63, 3.8) is 0 Å². The average molecular weight is 391 g/mol. The van der Waals surface area contributed by atoms with Crippen molar-refractivity contribution in [1.29, 1.82) is 0 Å². The van der Waals surface area contributed by atoms with Gasteiger partial charge in [-0.05, 0) is 49.9 Å². The van der Waals surface area contributed by atoms with Crippen LogP contribution in [0.15, 0.2) is 29.4 Å². The number of carbonyl (C=O) groups excluding carboxylic acids is 1. The average Bonchev–Trinajstić information content (AvgIpc) is 3.09. The van der Waals surface area contributed by atoms with E-state index < -0.39 is 0 Å². The van der Waals surface area contributed by atoms with Crippen LogP contribution in [0.5, 0.6) is 0 Å². The Labute approximate surface area is 166 Å². The van der Waals surface area contributed by atoms with E-state index >= 15 is 0 Å². The molecule has 0 aliphatic carbocycles. The lowest BCUT2D eigenvalue weighted by Gasteiger charge is -2.11. The number of fused-ring (bicyclic) bond motifs is 1. The largest absolute Gasteiger partial charge is 0.469 e. The quantitative estimate of drug-likeness (QED) is 0.237. The first-order valence-electron chi connectivity index (χ1n) is 9.98. The fourth-order valence-electron chi connectivity index (χ4n) is 3.04. The lowest BCUT2D eigenvalue weighted by atomic mass is 10.1. The number of halogens is 1. The molecule has 2 aromatic rings. The molecule has 0 saturated carbocycles. The molecule has 0 fully saturated rings. The van der Waals surface area contributed by atoms with Gasteiger partial charge in [0.25, 0.3) is 0 Å². The van der Waals surface area contributed by atoms with Crippen molar-refractivity contribution >= 4 is 22.8 Å². The number of methoxy groups -OCH3 is 1. The smallest absolute Gasteiger partial charge is 0.305 e. The molecule has 0 spiro atoms. The lowest BCUT2D eigenvalue weighted by molar-refractivity contribution is -0.140. The molecule has 0 saturated heterocycles. The number of aromatic amines is 1. The standard InChI is InChI=1S/C21H31FN4O2/c1-3-23-21(24-12-7-5-4-6-8-20(27)28-2)25-13-11-16-15-26-19-10-9-17(22)14-18(16)19/h9-10,14-15,26H,3-8,11-13H2,1-2H3,(H2,23,24,25). The van der Waals surface area contributed by atoms with Crippen molar-refractivity contribution in [3.8, 4) is 0 Å². The zero-order valence-corrected chi connectivity index (χ0v) is 16.8. The summed E-state index contributed by atoms with van der Waals surface area (Å²) < 4.78 is 18.1. The minimum Gasteiger partial charge on any atom is -0.469 e. The van der Waals surface area contributed by atoms with E-state index in [4.69, 9.17) is 0 Å². The van der Waals surface area contributed by atoms with Crippen LogP contribution in [-0.4, -0.2) is 43.7 Å². The van der Waals surface area contributed by atoms with Crippen molar-refractivity contribution in [1.82, 2.24) is 15.6 Å². The third-order valence-electron chi connectivity index (χ3n) is 4.55. The van der Waals surface area contributed by atoms with Gasteiger partial charge in [0.2, 0.25) is 0 Å². The maximum absolute atomic E-state index is 13.5. The molecule has 1 aromatic heterocycles. The number of ether oxygens (including phenoxy) is 1. The Morgan fingerprint density at radius 3 is 2.82 bits per heavy atom. The number of guanidine groups is 1. The maximum atomic E-state index is 13.5. The molecule has 0 atom stereocenters. The molecule has 3 N–H and O–H groups in total. The van der Waals surface area contributed by atoms with E-state index in [2.05, 4.69) is 25.3 Å². The normalized spacial score (nSPS) is 11.6. The molecule has 2 rings (SSSR count). The monoisotopic (exact) mass is 390 g/mol. The Morgan fingerprint density at radius 1 is 1.21 bits per heavy atom. The summed E-state index contributed by atoms with van der Waals surface area (Å²) in [7, 11) is 1.42. The summed E-state index contributed by atoms with van der Waals surface area (Å²) in [4.78, 5) is 18.8. The fourth-order valence-corrected chi connectivity index (χ4v) is 3.04. The summed E-state index contributed by atoms with van der Waals surface area (Å²) in [5.74, 6) is 0.431. The molecule has 1 heterocycles. The number of aromatic nitrogens is 1. The van der Waals surface area contributed by atoms with E-state index in [1.165, 1.54) is 13.2 Å². The molecule has 1 aromatic carbocycles. The van der Waals surface area contributed by atoms with E-state index in [0.29, 0.717) is 13.0 Å². The third-order valence-corrected chi connectivity index (χ3v) is 4.55. The number of unbranched alkanes of at least 4 members (excludes halogenated alkanes) is 3. The maximum Gasteiger partial charge on any atom is 0.305 e. The van der Waals surface area contributed by atoms with Gasteiger partial charge in [0.1, 0.15) is 5.82 Å². The molecule has 6 nitrogen and oxygen atoms in total. The zero-order valence-electron chi connectivity index (χ0n) is 16.8. The Hall–Kier alpha value is -2.57. The van der Waals surface area contributed by atoms with E-state index in [9.17, 15) is 9.18 Å². The highest BCUT2D eigenvalue weighted by molar-refractivity contribution is 5.83. The topological polar surface area (TPSA) is 78.5 Å². The van der Waals surface area contributed by atoms with Crippen LogP contribution in [0.4, 0.5) is 4.39 Å². The van der Waals surface area contributed by atoms with E-state index in [0.717, 1.165) is 67.6 Å². The molecule has 0 bridgehead atoms. The van der Waals surface area contributed by atoms with Crippen LogP contribution >= 0.6 is 0 Å². The molecular formula is C21H31FN4O2. The third kappa shape index (κ3) is 7.21. The number of aliphatic imine (C=N–C) groups is 1. The number of nitrogens with one attached hydrogen (secondary N) is 3. The molecule has 0 amide bonds. The minimum absolute atomic E-state index is 0.144. The highest BCUT2D eigenvalue weighted by atomic mass is 19.1. The summed E-state index contributed by atoms with van der Waals surface area (Å²) >= 11 is 0. The Kier molecular flexibility index (Phi) is 9.31. The predicted molar refractivity (Wildman–Crippen MR) is 111 cm³/mol. The van der Waals surface area contributed by atoms with Crippen LogP contribution in [0.1, 0.15) is 44.6 Å². The van der Waals surface area contributed by atoms with Crippen LogP contribution in [0.25, 0.3) is 10.9 Å². The Morgan fingerprint density at radius 2 is 2.04 bits per heavy atom. The van der Waals surface area contributed by atoms with Crippen LogP contribution in [-0.2, 0) is 16.0 Å². The van der Waals surface area contributed by atoms with Gasteiger partial charge in [-0.2, -0.15) is 0 Å². The number of benzene rings is 1. The first-order chi connectivity index (χ1) is 13.6. The van der Waals surface area contributed by atoms with Crippen LogP contribution in [0.2, 0.25) is 0 Å². The van der Waals surface area contributed by atoms with Crippen molar-refractivity contribution in [2.24, 2.45) is 4.99 Å². The highest BCUT2D eigenvalue weighted by Gasteiger charge is 2.05. The van der Waals surface area contributed by atoms with Gasteiger partial charge in [-0.25, -0.2) is 4.39 Å². The van der Waals surface area contributed by atoms with Gasteiger partial charge < -0.3 is 20.4 Å². The van der Waals surface area contributed by atoms with Crippen LogP contribution in [0.3, 0.4) is 0 Å². The van der Waals surface area contributed by atoms with E-state index in [-0.39, 0.29) is 11.8 Å². The Bertz CT molecular complexity index is 773. The molecule has 154 valence electrons. The van der Waals surface area contributed by atoms with Gasteiger partial charge in [-0.1, -0.05) is 12.8 Å². The number of H-pyrrole nitrogens is 1. The van der Waals surface area contributed by atoms with Gasteiger partial charge in [0.15, 0.2) is 5.96 Å². The number of nitrogens with zero attached hydrogens (tertiary/aromatic N) is 1. The second-order valence-electron chi connectivity index (χ2n) is 6.68. The number of carbonyl (C=O) groups is 1. The summed E-state index contributed by atoms with van der Waals surface area (Å²) in [6.45, 7) is 4.29. The van der Waals surface area contributed by atoms with Crippen molar-refractivity contribution < 1.29 is 13.9 Å². The van der Waals surface area contributed by atoms with Gasteiger partial charge in [-0.15, -0.1) is 0 Å². The van der Waals surface area contributed by atoms with Crippen molar-refractivity contribution in [2.45, 2.75) is 45.4 Å². The number of hydrogen-bond donors (Lipinski definition) is 3. The van der Waals surface area contributed by atoms with E-state index in [1.54, 1.807) is 12.1 Å². The van der Waals surface area contributed by atoms with Gasteiger partial charge in [-0.3, -0.25) is 9.79 Å². The first-order valence-corrected chi connectivity index (χ1v) is 9.98. The van der Waals surface area contributed by atoms with Crippen LogP contribution < -0.4 is 10.6 Å². The summed E-state index contributed by atoms with van der Waals surface area (Å²) in [6.07, 6.45) is 7.10. The van der Waals surface area contributed by atoms with Gasteiger partial charge in [0.05, 0.1) is 7.11 Å².